The Morgan fingerprint density at radius 3 is 2.95 bits per heavy atom. The number of benzene rings is 1. The molecule has 102 valence electrons. The van der Waals surface area contributed by atoms with E-state index in [-0.39, 0.29) is 5.84 Å². The van der Waals surface area contributed by atoms with Gasteiger partial charge in [0, 0.05) is 35.9 Å². The summed E-state index contributed by atoms with van der Waals surface area (Å²) in [4.78, 5) is 0. The minimum Gasteiger partial charge on any atom is -0.409 e. The van der Waals surface area contributed by atoms with Crippen LogP contribution in [0, 0.1) is 0 Å². The first-order valence-corrected chi connectivity index (χ1v) is 6.09. The number of oxime groups is 1. The lowest BCUT2D eigenvalue weighted by molar-refractivity contribution is 0.318. The molecule has 2 heterocycles. The lowest BCUT2D eigenvalue weighted by atomic mass is 10.1. The van der Waals surface area contributed by atoms with Crippen LogP contribution < -0.4 is 5.73 Å². The van der Waals surface area contributed by atoms with E-state index in [2.05, 4.69) is 20.0 Å². The van der Waals surface area contributed by atoms with Crippen molar-refractivity contribution in [2.75, 3.05) is 0 Å². The van der Waals surface area contributed by atoms with E-state index in [4.69, 9.17) is 10.9 Å². The Bertz CT molecular complexity index is 785. The molecule has 1 aromatic carbocycles. The predicted molar refractivity (Wildman–Crippen MR) is 74.6 cm³/mol. The first kappa shape index (κ1) is 12.2. The molecule has 7 heteroatoms. The Kier molecular flexibility index (Phi) is 2.86. The lowest BCUT2D eigenvalue weighted by Crippen LogP contribution is -2.12. The van der Waals surface area contributed by atoms with Crippen molar-refractivity contribution in [1.29, 1.82) is 0 Å². The fourth-order valence-corrected chi connectivity index (χ4v) is 2.20. The average molecular weight is 270 g/mol. The van der Waals surface area contributed by atoms with Gasteiger partial charge in [0.05, 0.1) is 6.54 Å². The number of aryl methyl sites for hydroxylation is 1. The van der Waals surface area contributed by atoms with Crippen LogP contribution in [-0.2, 0) is 13.6 Å². The van der Waals surface area contributed by atoms with Gasteiger partial charge in [-0.1, -0.05) is 10.4 Å². The first-order valence-electron chi connectivity index (χ1n) is 6.09. The number of nitrogens with zero attached hydrogens (tertiary/aromatic N) is 5. The van der Waals surface area contributed by atoms with Crippen LogP contribution >= 0.6 is 0 Å². The maximum absolute atomic E-state index is 8.70. The molecule has 0 saturated carbocycles. The molecule has 0 aliphatic rings. The molecule has 0 fully saturated rings. The SMILES string of the molecule is Cn1cc(Cn2ccc3cc(/C(N)=N/O)ccc32)nn1. The summed E-state index contributed by atoms with van der Waals surface area (Å²) in [5, 5.41) is 20.7. The summed E-state index contributed by atoms with van der Waals surface area (Å²) in [7, 11) is 1.84. The molecular formula is C13H14N6O. The smallest absolute Gasteiger partial charge is 0.170 e. The second-order valence-corrected chi connectivity index (χ2v) is 4.59. The van der Waals surface area contributed by atoms with E-state index in [1.165, 1.54) is 0 Å². The molecule has 3 N–H and O–H groups in total. The number of nitrogens with two attached hydrogens (primary N) is 1. The van der Waals surface area contributed by atoms with E-state index < -0.39 is 0 Å². The molecular weight excluding hydrogens is 256 g/mol. The van der Waals surface area contributed by atoms with Gasteiger partial charge in [0.25, 0.3) is 0 Å². The van der Waals surface area contributed by atoms with Crippen LogP contribution in [0.25, 0.3) is 10.9 Å². The fraction of sp³-hybridized carbons (Fsp3) is 0.154. The van der Waals surface area contributed by atoms with Gasteiger partial charge in [0.2, 0.25) is 0 Å². The molecule has 0 bridgehead atoms. The molecule has 0 atom stereocenters. The van der Waals surface area contributed by atoms with Crippen LogP contribution in [0.2, 0.25) is 0 Å². The highest BCUT2D eigenvalue weighted by Crippen LogP contribution is 2.18. The van der Waals surface area contributed by atoms with Gasteiger partial charge in [0.15, 0.2) is 5.84 Å². The van der Waals surface area contributed by atoms with Crippen molar-refractivity contribution in [2.24, 2.45) is 17.9 Å². The molecule has 0 amide bonds. The summed E-state index contributed by atoms with van der Waals surface area (Å²) >= 11 is 0. The zero-order valence-corrected chi connectivity index (χ0v) is 10.9. The van der Waals surface area contributed by atoms with Gasteiger partial charge in [-0.3, -0.25) is 4.68 Å². The number of hydrogen-bond donors (Lipinski definition) is 2. The van der Waals surface area contributed by atoms with Gasteiger partial charge < -0.3 is 15.5 Å². The van der Waals surface area contributed by atoms with E-state index in [0.717, 1.165) is 16.6 Å². The van der Waals surface area contributed by atoms with Gasteiger partial charge in [-0.15, -0.1) is 5.10 Å². The van der Waals surface area contributed by atoms with Crippen LogP contribution in [0.5, 0.6) is 0 Å². The monoisotopic (exact) mass is 270 g/mol. The van der Waals surface area contributed by atoms with Crippen molar-refractivity contribution < 1.29 is 5.21 Å². The van der Waals surface area contributed by atoms with Crippen molar-refractivity contribution in [3.8, 4) is 0 Å². The third-order valence-electron chi connectivity index (χ3n) is 3.16. The number of amidine groups is 1. The zero-order valence-electron chi connectivity index (χ0n) is 10.9. The number of hydrogen-bond acceptors (Lipinski definition) is 4. The molecule has 0 spiro atoms. The second-order valence-electron chi connectivity index (χ2n) is 4.59. The molecule has 0 aliphatic carbocycles. The summed E-state index contributed by atoms with van der Waals surface area (Å²) in [5.74, 6) is 0.105. The first-order chi connectivity index (χ1) is 9.67. The second kappa shape index (κ2) is 4.69. The summed E-state index contributed by atoms with van der Waals surface area (Å²) in [6.07, 6.45) is 3.87. The van der Waals surface area contributed by atoms with Crippen molar-refractivity contribution >= 4 is 16.7 Å². The van der Waals surface area contributed by atoms with Gasteiger partial charge in [0.1, 0.15) is 5.69 Å². The minimum atomic E-state index is 0.105. The molecule has 3 aromatic rings. The number of rotatable bonds is 3. The Morgan fingerprint density at radius 1 is 1.40 bits per heavy atom. The van der Waals surface area contributed by atoms with Crippen molar-refractivity contribution in [3.63, 3.8) is 0 Å². The largest absolute Gasteiger partial charge is 0.409 e. The Hall–Kier alpha value is -2.83. The van der Waals surface area contributed by atoms with Crippen LogP contribution in [0.1, 0.15) is 11.3 Å². The van der Waals surface area contributed by atoms with E-state index in [9.17, 15) is 0 Å². The van der Waals surface area contributed by atoms with Crippen molar-refractivity contribution in [2.45, 2.75) is 6.54 Å². The minimum absolute atomic E-state index is 0.105. The summed E-state index contributed by atoms with van der Waals surface area (Å²) < 4.78 is 3.76. The van der Waals surface area contributed by atoms with Crippen molar-refractivity contribution in [1.82, 2.24) is 19.6 Å². The van der Waals surface area contributed by atoms with E-state index in [0.29, 0.717) is 12.1 Å². The summed E-state index contributed by atoms with van der Waals surface area (Å²) in [6.45, 7) is 0.653. The van der Waals surface area contributed by atoms with Gasteiger partial charge in [-0.25, -0.2) is 0 Å². The molecule has 0 radical (unpaired) electrons. The molecule has 7 nitrogen and oxygen atoms in total. The summed E-state index contributed by atoms with van der Waals surface area (Å²) in [5.41, 5.74) is 8.24. The summed E-state index contributed by atoms with van der Waals surface area (Å²) in [6, 6.07) is 7.64. The predicted octanol–water partition coefficient (Wildman–Crippen LogP) is 0.913. The maximum Gasteiger partial charge on any atom is 0.170 e. The Balaban J connectivity index is 1.97. The third-order valence-corrected chi connectivity index (χ3v) is 3.16. The third kappa shape index (κ3) is 2.09. The van der Waals surface area contributed by atoms with Crippen LogP contribution in [0.4, 0.5) is 0 Å². The topological polar surface area (TPSA) is 94.2 Å². The quantitative estimate of drug-likeness (QED) is 0.320. The van der Waals surface area contributed by atoms with Crippen molar-refractivity contribution in [3.05, 3.63) is 47.9 Å². The van der Waals surface area contributed by atoms with Gasteiger partial charge in [-0.05, 0) is 24.3 Å². The van der Waals surface area contributed by atoms with Gasteiger partial charge >= 0.3 is 0 Å². The Morgan fingerprint density at radius 2 is 2.25 bits per heavy atom. The van der Waals surface area contributed by atoms with Crippen LogP contribution in [0.3, 0.4) is 0 Å². The molecule has 3 rings (SSSR count). The van der Waals surface area contributed by atoms with E-state index in [1.807, 2.05) is 43.7 Å². The normalized spacial score (nSPS) is 12.2. The van der Waals surface area contributed by atoms with Gasteiger partial charge in [-0.2, -0.15) is 0 Å². The van der Waals surface area contributed by atoms with E-state index >= 15 is 0 Å². The van der Waals surface area contributed by atoms with Crippen LogP contribution in [-0.4, -0.2) is 30.6 Å². The molecule has 0 saturated heterocycles. The Labute approximate surface area is 114 Å². The molecule has 0 aliphatic heterocycles. The highest BCUT2D eigenvalue weighted by atomic mass is 16.4. The molecule has 2 aromatic heterocycles. The highest BCUT2D eigenvalue weighted by molar-refractivity contribution is 6.00. The fourth-order valence-electron chi connectivity index (χ4n) is 2.20. The molecule has 20 heavy (non-hydrogen) atoms. The number of aromatic nitrogens is 4. The standard InChI is InChI=1S/C13H14N6O/c1-18-7-11(15-17-18)8-19-5-4-9-6-10(13(14)16-20)2-3-12(9)19/h2-7,20H,8H2,1H3,(H2,14,16). The van der Waals surface area contributed by atoms with E-state index in [1.54, 1.807) is 4.68 Å². The number of fused-ring (bicyclic) bond motifs is 1. The van der Waals surface area contributed by atoms with Crippen LogP contribution in [0.15, 0.2) is 41.8 Å². The highest BCUT2D eigenvalue weighted by Gasteiger charge is 2.06. The zero-order chi connectivity index (χ0) is 14.1. The lowest BCUT2D eigenvalue weighted by Gasteiger charge is -2.04. The average Bonchev–Trinajstić information content (AvgIpc) is 3.05. The molecule has 0 unspecified atom stereocenters. The maximum atomic E-state index is 8.70.